The Morgan fingerprint density at radius 3 is 2.93 bits per heavy atom. The number of benzene rings is 1. The van der Waals surface area contributed by atoms with Crippen molar-refractivity contribution < 1.29 is 4.79 Å². The number of carbonyl (C=O) groups is 1. The summed E-state index contributed by atoms with van der Waals surface area (Å²) in [5.74, 6) is 2.41. The Balaban J connectivity index is 2.90. The van der Waals surface area contributed by atoms with Crippen LogP contribution in [0.5, 0.6) is 0 Å². The molecule has 0 amide bonds. The van der Waals surface area contributed by atoms with Gasteiger partial charge in [-0.05, 0) is 18.2 Å². The summed E-state index contributed by atoms with van der Waals surface area (Å²) in [6.07, 6.45) is 5.86. The van der Waals surface area contributed by atoms with Gasteiger partial charge in [0.1, 0.15) is 0 Å². The predicted molar refractivity (Wildman–Crippen MR) is 61.5 cm³/mol. The zero-order valence-corrected chi connectivity index (χ0v) is 9.73. The van der Waals surface area contributed by atoms with Gasteiger partial charge in [-0.25, -0.2) is 0 Å². The Labute approximate surface area is 96.6 Å². The number of Topliss-reactive ketones (excluding diaryl/α,β-unsaturated/α-hetero) is 1. The molecule has 0 saturated carbocycles. The van der Waals surface area contributed by atoms with E-state index in [0.29, 0.717) is 23.4 Å². The third-order valence-corrected chi connectivity index (χ3v) is 2.55. The molecule has 0 radical (unpaired) electrons. The molecule has 0 heterocycles. The zero-order chi connectivity index (χ0) is 10.6. The van der Waals surface area contributed by atoms with Crippen molar-refractivity contribution >= 4 is 33.3 Å². The first-order valence-corrected chi connectivity index (χ1v) is 5.24. The Morgan fingerprint density at radius 2 is 2.29 bits per heavy atom. The number of carbonyl (C=O) groups excluding carboxylic acids is 1. The highest BCUT2D eigenvalue weighted by Crippen LogP contribution is 2.22. The van der Waals surface area contributed by atoms with Crippen LogP contribution >= 0.6 is 27.5 Å². The van der Waals surface area contributed by atoms with Crippen LogP contribution in [-0.2, 0) is 0 Å². The molecule has 0 bridgehead atoms. The van der Waals surface area contributed by atoms with E-state index >= 15 is 0 Å². The summed E-state index contributed by atoms with van der Waals surface area (Å²) in [5.41, 5.74) is 0.524. The van der Waals surface area contributed by atoms with Crippen molar-refractivity contribution in [1.29, 1.82) is 0 Å². The lowest BCUT2D eigenvalue weighted by atomic mass is 10.1. The van der Waals surface area contributed by atoms with Gasteiger partial charge in [0.2, 0.25) is 0 Å². The maximum Gasteiger partial charge on any atom is 0.165 e. The third-order valence-electron chi connectivity index (χ3n) is 1.73. The number of terminal acetylenes is 1. The third kappa shape index (κ3) is 2.87. The SMILES string of the molecule is C#CCCC(=O)c1cc(Br)ccc1Cl. The summed E-state index contributed by atoms with van der Waals surface area (Å²) >= 11 is 9.16. The standard InChI is InChI=1S/C11H8BrClO/c1-2-3-4-11(14)9-7-8(12)5-6-10(9)13/h1,5-7H,3-4H2. The van der Waals surface area contributed by atoms with Gasteiger partial charge in [-0.15, -0.1) is 12.3 Å². The zero-order valence-electron chi connectivity index (χ0n) is 7.39. The average Bonchev–Trinajstić information content (AvgIpc) is 2.18. The molecule has 1 rings (SSSR count). The van der Waals surface area contributed by atoms with Gasteiger partial charge < -0.3 is 0 Å². The highest BCUT2D eigenvalue weighted by Gasteiger charge is 2.09. The van der Waals surface area contributed by atoms with Gasteiger partial charge in [-0.1, -0.05) is 27.5 Å². The maximum atomic E-state index is 11.6. The molecule has 0 aliphatic heterocycles. The van der Waals surface area contributed by atoms with Crippen molar-refractivity contribution in [3.63, 3.8) is 0 Å². The molecule has 1 nitrogen and oxygen atoms in total. The second kappa shape index (κ2) is 5.19. The molecular weight excluding hydrogens is 263 g/mol. The molecule has 1 aromatic carbocycles. The topological polar surface area (TPSA) is 17.1 Å². The van der Waals surface area contributed by atoms with E-state index in [1.165, 1.54) is 0 Å². The van der Waals surface area contributed by atoms with Crippen molar-refractivity contribution in [1.82, 2.24) is 0 Å². The van der Waals surface area contributed by atoms with Crippen LogP contribution in [0.25, 0.3) is 0 Å². The minimum absolute atomic E-state index is 0.0192. The second-order valence-electron chi connectivity index (χ2n) is 2.75. The van der Waals surface area contributed by atoms with E-state index < -0.39 is 0 Å². The van der Waals surface area contributed by atoms with Crippen molar-refractivity contribution in [2.45, 2.75) is 12.8 Å². The lowest BCUT2D eigenvalue weighted by Gasteiger charge is -2.02. The molecule has 1 aromatic rings. The number of ketones is 1. The van der Waals surface area contributed by atoms with Crippen LogP contribution in [0.1, 0.15) is 23.2 Å². The quantitative estimate of drug-likeness (QED) is 0.605. The van der Waals surface area contributed by atoms with Gasteiger partial charge in [0.05, 0.1) is 5.02 Å². The fourth-order valence-electron chi connectivity index (χ4n) is 1.03. The van der Waals surface area contributed by atoms with Crippen LogP contribution in [0.4, 0.5) is 0 Å². The largest absolute Gasteiger partial charge is 0.294 e. The van der Waals surface area contributed by atoms with Crippen LogP contribution in [0.3, 0.4) is 0 Å². The molecule has 0 aliphatic carbocycles. The van der Waals surface area contributed by atoms with E-state index in [-0.39, 0.29) is 5.78 Å². The molecule has 0 fully saturated rings. The predicted octanol–water partition coefficient (Wildman–Crippen LogP) is 3.70. The molecule has 0 unspecified atom stereocenters. The van der Waals surface area contributed by atoms with Crippen LogP contribution in [0, 0.1) is 12.3 Å². The van der Waals surface area contributed by atoms with Gasteiger partial charge >= 0.3 is 0 Å². The van der Waals surface area contributed by atoms with E-state index in [0.717, 1.165) is 4.47 Å². The second-order valence-corrected chi connectivity index (χ2v) is 4.07. The summed E-state index contributed by atoms with van der Waals surface area (Å²) in [7, 11) is 0. The average molecular weight is 272 g/mol. The minimum Gasteiger partial charge on any atom is -0.294 e. The molecular formula is C11H8BrClO. The van der Waals surface area contributed by atoms with E-state index in [4.69, 9.17) is 18.0 Å². The summed E-state index contributed by atoms with van der Waals surface area (Å²) in [6, 6.07) is 5.19. The van der Waals surface area contributed by atoms with Crippen LogP contribution in [-0.4, -0.2) is 5.78 Å². The number of hydrogen-bond acceptors (Lipinski definition) is 1. The highest BCUT2D eigenvalue weighted by atomic mass is 79.9. The van der Waals surface area contributed by atoms with Crippen molar-refractivity contribution in [3.8, 4) is 12.3 Å². The molecule has 0 aromatic heterocycles. The summed E-state index contributed by atoms with van der Waals surface area (Å²) < 4.78 is 0.839. The number of hydrogen-bond donors (Lipinski definition) is 0. The van der Waals surface area contributed by atoms with Crippen LogP contribution < -0.4 is 0 Å². The molecule has 0 N–H and O–H groups in total. The Hall–Kier alpha value is -0.780. The Bertz CT molecular complexity index is 393. The fourth-order valence-corrected chi connectivity index (χ4v) is 1.62. The van der Waals surface area contributed by atoms with E-state index in [2.05, 4.69) is 21.9 Å². The summed E-state index contributed by atoms with van der Waals surface area (Å²) in [5, 5.41) is 0.468. The van der Waals surface area contributed by atoms with Crippen molar-refractivity contribution in [2.75, 3.05) is 0 Å². The summed E-state index contributed by atoms with van der Waals surface area (Å²) in [4.78, 5) is 11.6. The fraction of sp³-hybridized carbons (Fsp3) is 0.182. The van der Waals surface area contributed by atoms with Gasteiger partial charge in [0.25, 0.3) is 0 Å². The minimum atomic E-state index is -0.0192. The van der Waals surface area contributed by atoms with E-state index in [1.54, 1.807) is 18.2 Å². The first-order valence-electron chi connectivity index (χ1n) is 4.07. The molecule has 0 aliphatic rings. The monoisotopic (exact) mass is 270 g/mol. The number of halogens is 2. The van der Waals surface area contributed by atoms with E-state index in [1.807, 2.05) is 0 Å². The Morgan fingerprint density at radius 1 is 1.57 bits per heavy atom. The van der Waals surface area contributed by atoms with Crippen molar-refractivity contribution in [2.24, 2.45) is 0 Å². The molecule has 0 spiro atoms. The van der Waals surface area contributed by atoms with Crippen molar-refractivity contribution in [3.05, 3.63) is 33.3 Å². The molecule has 14 heavy (non-hydrogen) atoms. The first kappa shape index (κ1) is 11.3. The van der Waals surface area contributed by atoms with Crippen LogP contribution in [0.15, 0.2) is 22.7 Å². The molecule has 72 valence electrons. The van der Waals surface area contributed by atoms with Gasteiger partial charge in [0, 0.05) is 22.9 Å². The van der Waals surface area contributed by atoms with Crippen LogP contribution in [0.2, 0.25) is 5.02 Å². The Kier molecular flexibility index (Phi) is 4.19. The molecule has 3 heteroatoms. The van der Waals surface area contributed by atoms with Gasteiger partial charge in [-0.2, -0.15) is 0 Å². The lowest BCUT2D eigenvalue weighted by Crippen LogP contribution is -1.99. The summed E-state index contributed by atoms with van der Waals surface area (Å²) in [6.45, 7) is 0. The first-order chi connectivity index (χ1) is 6.65. The smallest absolute Gasteiger partial charge is 0.165 e. The molecule has 0 atom stereocenters. The van der Waals surface area contributed by atoms with E-state index in [9.17, 15) is 4.79 Å². The number of rotatable bonds is 3. The molecule has 0 saturated heterocycles. The normalized spacial score (nSPS) is 9.50. The highest BCUT2D eigenvalue weighted by molar-refractivity contribution is 9.10. The lowest BCUT2D eigenvalue weighted by molar-refractivity contribution is 0.0984. The van der Waals surface area contributed by atoms with Gasteiger partial charge in [0.15, 0.2) is 5.78 Å². The van der Waals surface area contributed by atoms with Gasteiger partial charge in [-0.3, -0.25) is 4.79 Å². The maximum absolute atomic E-state index is 11.6.